The van der Waals surface area contributed by atoms with E-state index in [1.807, 2.05) is 48.9 Å². The quantitative estimate of drug-likeness (QED) is 0.684. The van der Waals surface area contributed by atoms with Gasteiger partial charge in [-0.25, -0.2) is 0 Å². The molecular formula is C18H17NO2. The third-order valence-corrected chi connectivity index (χ3v) is 3.93. The second-order valence-corrected chi connectivity index (χ2v) is 5.11. The number of carbonyl (C=O) groups excluding carboxylic acids is 1. The Morgan fingerprint density at radius 1 is 1.05 bits per heavy atom. The van der Waals surface area contributed by atoms with Crippen LogP contribution in [0.25, 0.3) is 10.9 Å². The Balaban J connectivity index is 2.13. The lowest BCUT2D eigenvalue weighted by Crippen LogP contribution is -2.08. The highest BCUT2D eigenvalue weighted by Gasteiger charge is 2.19. The lowest BCUT2D eigenvalue weighted by molar-refractivity contribution is 0.103. The third-order valence-electron chi connectivity index (χ3n) is 3.93. The molecule has 0 saturated heterocycles. The molecular weight excluding hydrogens is 262 g/mol. The first-order valence-electron chi connectivity index (χ1n) is 6.86. The minimum atomic E-state index is 0.0360. The van der Waals surface area contributed by atoms with E-state index in [0.29, 0.717) is 5.56 Å². The Morgan fingerprint density at radius 2 is 1.71 bits per heavy atom. The van der Waals surface area contributed by atoms with Crippen molar-refractivity contribution in [2.24, 2.45) is 7.05 Å². The number of hydrogen-bond acceptors (Lipinski definition) is 2. The van der Waals surface area contributed by atoms with Crippen molar-refractivity contribution in [3.63, 3.8) is 0 Å². The van der Waals surface area contributed by atoms with Crippen molar-refractivity contribution < 1.29 is 9.53 Å². The summed E-state index contributed by atoms with van der Waals surface area (Å²) in [4.78, 5) is 12.8. The Morgan fingerprint density at radius 3 is 2.33 bits per heavy atom. The molecule has 0 aliphatic heterocycles. The fourth-order valence-corrected chi connectivity index (χ4v) is 2.78. The summed E-state index contributed by atoms with van der Waals surface area (Å²) in [6.07, 6.45) is 0. The molecule has 3 heteroatoms. The highest BCUT2D eigenvalue weighted by atomic mass is 16.5. The molecule has 0 spiro atoms. The van der Waals surface area contributed by atoms with Gasteiger partial charge >= 0.3 is 0 Å². The van der Waals surface area contributed by atoms with Crippen LogP contribution in [0.1, 0.15) is 21.6 Å². The maximum atomic E-state index is 12.8. The van der Waals surface area contributed by atoms with Crippen LogP contribution < -0.4 is 4.74 Å². The van der Waals surface area contributed by atoms with Crippen LogP contribution in [-0.2, 0) is 7.05 Å². The van der Waals surface area contributed by atoms with Crippen LogP contribution in [0.15, 0.2) is 48.5 Å². The summed E-state index contributed by atoms with van der Waals surface area (Å²) in [7, 11) is 3.55. The van der Waals surface area contributed by atoms with Crippen molar-refractivity contribution in [2.45, 2.75) is 6.92 Å². The number of para-hydroxylation sites is 1. The van der Waals surface area contributed by atoms with Crippen LogP contribution in [0.3, 0.4) is 0 Å². The third kappa shape index (κ3) is 2.11. The van der Waals surface area contributed by atoms with Gasteiger partial charge in [-0.3, -0.25) is 4.79 Å². The van der Waals surface area contributed by atoms with Gasteiger partial charge in [-0.15, -0.1) is 0 Å². The average Bonchev–Trinajstić information content (AvgIpc) is 2.79. The smallest absolute Gasteiger partial charge is 0.209 e. The number of methoxy groups -OCH3 is 1. The standard InChI is InChI=1S/C18H17NO2/c1-12-15-6-4-5-7-16(15)19(2)17(12)18(20)13-8-10-14(21-3)11-9-13/h4-11H,1-3H3. The molecule has 21 heavy (non-hydrogen) atoms. The van der Waals surface area contributed by atoms with Crippen LogP contribution in [0, 0.1) is 6.92 Å². The molecule has 0 atom stereocenters. The van der Waals surface area contributed by atoms with Crippen molar-refractivity contribution in [1.82, 2.24) is 4.57 Å². The molecule has 1 aromatic heterocycles. The summed E-state index contributed by atoms with van der Waals surface area (Å²) in [6, 6.07) is 15.3. The molecule has 0 saturated carbocycles. The minimum Gasteiger partial charge on any atom is -0.497 e. The van der Waals surface area contributed by atoms with Gasteiger partial charge in [-0.05, 0) is 42.8 Å². The lowest BCUT2D eigenvalue weighted by atomic mass is 10.0. The monoisotopic (exact) mass is 279 g/mol. The number of benzene rings is 2. The number of hydrogen-bond donors (Lipinski definition) is 0. The highest BCUT2D eigenvalue weighted by Crippen LogP contribution is 2.26. The summed E-state index contributed by atoms with van der Waals surface area (Å²) in [5, 5.41) is 1.12. The molecule has 0 unspecified atom stereocenters. The number of ether oxygens (including phenoxy) is 1. The summed E-state index contributed by atoms with van der Waals surface area (Å²) in [5.41, 5.74) is 3.51. The molecule has 0 aliphatic rings. The molecule has 0 bridgehead atoms. The van der Waals surface area contributed by atoms with Crippen molar-refractivity contribution >= 4 is 16.7 Å². The van der Waals surface area contributed by atoms with E-state index in [4.69, 9.17) is 4.74 Å². The van der Waals surface area contributed by atoms with E-state index in [1.54, 1.807) is 19.2 Å². The van der Waals surface area contributed by atoms with Crippen LogP contribution in [0.5, 0.6) is 5.75 Å². The molecule has 0 N–H and O–H groups in total. The molecule has 2 aromatic carbocycles. The van der Waals surface area contributed by atoms with E-state index < -0.39 is 0 Å². The van der Waals surface area contributed by atoms with Crippen LogP contribution >= 0.6 is 0 Å². The fraction of sp³-hybridized carbons (Fsp3) is 0.167. The molecule has 3 aromatic rings. The van der Waals surface area contributed by atoms with E-state index >= 15 is 0 Å². The summed E-state index contributed by atoms with van der Waals surface area (Å²) in [5.74, 6) is 0.786. The van der Waals surface area contributed by atoms with Gasteiger partial charge < -0.3 is 9.30 Å². The van der Waals surface area contributed by atoms with Gasteiger partial charge in [0.2, 0.25) is 5.78 Å². The van der Waals surface area contributed by atoms with Gasteiger partial charge in [0, 0.05) is 23.5 Å². The molecule has 1 heterocycles. The number of aryl methyl sites for hydroxylation is 2. The number of ketones is 1. The fourth-order valence-electron chi connectivity index (χ4n) is 2.78. The maximum Gasteiger partial charge on any atom is 0.209 e. The predicted molar refractivity (Wildman–Crippen MR) is 84.1 cm³/mol. The number of rotatable bonds is 3. The predicted octanol–water partition coefficient (Wildman–Crippen LogP) is 3.73. The van der Waals surface area contributed by atoms with Gasteiger partial charge in [-0.2, -0.15) is 0 Å². The zero-order valence-electron chi connectivity index (χ0n) is 12.4. The van der Waals surface area contributed by atoms with Gasteiger partial charge in [-0.1, -0.05) is 18.2 Å². The van der Waals surface area contributed by atoms with Gasteiger partial charge in [0.1, 0.15) is 5.75 Å². The van der Waals surface area contributed by atoms with Gasteiger partial charge in [0.25, 0.3) is 0 Å². The Labute approximate surface area is 123 Å². The second-order valence-electron chi connectivity index (χ2n) is 5.11. The largest absolute Gasteiger partial charge is 0.497 e. The SMILES string of the molecule is COc1ccc(C(=O)c2c(C)c3ccccc3n2C)cc1. The first-order chi connectivity index (χ1) is 10.1. The number of fused-ring (bicyclic) bond motifs is 1. The Bertz CT molecular complexity index is 774. The minimum absolute atomic E-state index is 0.0360. The van der Waals surface area contributed by atoms with Gasteiger partial charge in [0.05, 0.1) is 12.8 Å². The summed E-state index contributed by atoms with van der Waals surface area (Å²) in [6.45, 7) is 2.00. The van der Waals surface area contributed by atoms with Crippen molar-refractivity contribution in [3.05, 3.63) is 65.4 Å². The zero-order valence-corrected chi connectivity index (χ0v) is 12.4. The summed E-state index contributed by atoms with van der Waals surface area (Å²) >= 11 is 0. The topological polar surface area (TPSA) is 31.2 Å². The second kappa shape index (κ2) is 5.09. The number of carbonyl (C=O) groups is 1. The maximum absolute atomic E-state index is 12.8. The van der Waals surface area contributed by atoms with Crippen LogP contribution in [0.2, 0.25) is 0 Å². The molecule has 0 amide bonds. The van der Waals surface area contributed by atoms with E-state index in [9.17, 15) is 4.79 Å². The zero-order chi connectivity index (χ0) is 15.0. The van der Waals surface area contributed by atoms with E-state index in [1.165, 1.54) is 0 Å². The first-order valence-corrected chi connectivity index (χ1v) is 6.86. The normalized spacial score (nSPS) is 10.8. The van der Waals surface area contributed by atoms with E-state index in [0.717, 1.165) is 27.9 Å². The van der Waals surface area contributed by atoms with Crippen molar-refractivity contribution in [2.75, 3.05) is 7.11 Å². The average molecular weight is 279 g/mol. The Hall–Kier alpha value is -2.55. The van der Waals surface area contributed by atoms with E-state index in [2.05, 4.69) is 6.07 Å². The molecule has 106 valence electrons. The molecule has 0 aliphatic carbocycles. The van der Waals surface area contributed by atoms with Crippen molar-refractivity contribution in [3.8, 4) is 5.75 Å². The lowest BCUT2D eigenvalue weighted by Gasteiger charge is -2.06. The Kier molecular flexibility index (Phi) is 3.26. The van der Waals surface area contributed by atoms with E-state index in [-0.39, 0.29) is 5.78 Å². The van der Waals surface area contributed by atoms with Crippen LogP contribution in [0.4, 0.5) is 0 Å². The molecule has 0 radical (unpaired) electrons. The number of nitrogens with zero attached hydrogens (tertiary/aromatic N) is 1. The summed E-state index contributed by atoms with van der Waals surface area (Å²) < 4.78 is 7.10. The van der Waals surface area contributed by atoms with Crippen LogP contribution in [-0.4, -0.2) is 17.5 Å². The number of aromatic nitrogens is 1. The molecule has 3 rings (SSSR count). The molecule has 3 nitrogen and oxygen atoms in total. The highest BCUT2D eigenvalue weighted by molar-refractivity contribution is 6.12. The van der Waals surface area contributed by atoms with Crippen molar-refractivity contribution in [1.29, 1.82) is 0 Å². The van der Waals surface area contributed by atoms with Gasteiger partial charge in [0.15, 0.2) is 0 Å². The molecule has 0 fully saturated rings. The first kappa shape index (κ1) is 13.4.